The summed E-state index contributed by atoms with van der Waals surface area (Å²) in [5, 5.41) is 3.08. The quantitative estimate of drug-likeness (QED) is 0.327. The molecule has 3 aromatic carbocycles. The number of carbonyl (C=O) groups excluding carboxylic acids is 2. The predicted octanol–water partition coefficient (Wildman–Crippen LogP) is 4.68. The highest BCUT2D eigenvalue weighted by molar-refractivity contribution is 7.92. The number of sulfonamides is 1. The zero-order valence-electron chi connectivity index (χ0n) is 24.6. The van der Waals surface area contributed by atoms with Crippen LogP contribution in [0.1, 0.15) is 43.7 Å². The van der Waals surface area contributed by atoms with Gasteiger partial charge in [0.1, 0.15) is 24.1 Å². The Labute approximate surface area is 248 Å². The number of methoxy groups -OCH3 is 2. The minimum Gasteiger partial charge on any atom is -0.497 e. The van der Waals surface area contributed by atoms with Crippen LogP contribution in [0.2, 0.25) is 0 Å². The monoisotopic (exact) mass is 593 g/mol. The molecule has 0 unspecified atom stereocenters. The zero-order chi connectivity index (χ0) is 30.3. The number of benzene rings is 3. The summed E-state index contributed by atoms with van der Waals surface area (Å²) in [4.78, 5) is 29.0. The van der Waals surface area contributed by atoms with Gasteiger partial charge in [0.15, 0.2) is 0 Å². The molecule has 224 valence electrons. The van der Waals surface area contributed by atoms with E-state index in [9.17, 15) is 18.0 Å². The molecule has 1 fully saturated rings. The van der Waals surface area contributed by atoms with E-state index in [0.29, 0.717) is 11.5 Å². The molecule has 0 saturated heterocycles. The minimum absolute atomic E-state index is 0.0422. The second kappa shape index (κ2) is 13.7. The third-order valence-corrected chi connectivity index (χ3v) is 9.40. The Hall–Kier alpha value is -4.05. The number of carbonyl (C=O) groups is 2. The molecule has 2 amide bonds. The molecule has 1 atom stereocenters. The van der Waals surface area contributed by atoms with Gasteiger partial charge in [0.05, 0.1) is 24.8 Å². The lowest BCUT2D eigenvalue weighted by molar-refractivity contribution is -0.139. The topological polar surface area (TPSA) is 105 Å². The highest BCUT2D eigenvalue weighted by Gasteiger charge is 2.34. The molecule has 0 aromatic heterocycles. The number of hydrogen-bond acceptors (Lipinski definition) is 6. The number of aryl methyl sites for hydroxylation is 1. The third kappa shape index (κ3) is 7.23. The molecular formula is C32H39N3O6S. The summed E-state index contributed by atoms with van der Waals surface area (Å²) in [7, 11) is -1.17. The summed E-state index contributed by atoms with van der Waals surface area (Å²) in [5.41, 5.74) is 1.90. The van der Waals surface area contributed by atoms with Gasteiger partial charge in [-0.25, -0.2) is 8.42 Å². The van der Waals surface area contributed by atoms with Crippen LogP contribution in [-0.2, 0) is 26.2 Å². The van der Waals surface area contributed by atoms with Crippen LogP contribution in [0, 0.1) is 6.92 Å². The number of para-hydroxylation sites is 2. The smallest absolute Gasteiger partial charge is 0.264 e. The van der Waals surface area contributed by atoms with Gasteiger partial charge in [-0.1, -0.05) is 54.8 Å². The first-order valence-electron chi connectivity index (χ1n) is 14.1. The Kier molecular flexibility index (Phi) is 10.1. The van der Waals surface area contributed by atoms with Crippen LogP contribution in [0.15, 0.2) is 77.7 Å². The van der Waals surface area contributed by atoms with E-state index in [1.54, 1.807) is 62.6 Å². The number of nitrogens with one attached hydrogen (secondary N) is 1. The first-order valence-corrected chi connectivity index (χ1v) is 15.5. The highest BCUT2D eigenvalue weighted by Crippen LogP contribution is 2.32. The Morgan fingerprint density at radius 2 is 1.57 bits per heavy atom. The van der Waals surface area contributed by atoms with Crippen molar-refractivity contribution in [2.75, 3.05) is 25.1 Å². The Morgan fingerprint density at radius 1 is 0.929 bits per heavy atom. The van der Waals surface area contributed by atoms with E-state index in [-0.39, 0.29) is 29.1 Å². The number of nitrogens with zero attached hydrogens (tertiary/aromatic N) is 2. The molecule has 0 radical (unpaired) electrons. The van der Waals surface area contributed by atoms with E-state index in [1.165, 1.54) is 24.1 Å². The number of anilines is 1. The molecule has 0 bridgehead atoms. The summed E-state index contributed by atoms with van der Waals surface area (Å²) in [6.45, 7) is 3.11. The van der Waals surface area contributed by atoms with Crippen molar-refractivity contribution in [2.24, 2.45) is 0 Å². The number of rotatable bonds is 12. The van der Waals surface area contributed by atoms with Crippen LogP contribution < -0.4 is 19.1 Å². The second-order valence-corrected chi connectivity index (χ2v) is 12.4. The lowest BCUT2D eigenvalue weighted by Crippen LogP contribution is -2.52. The van der Waals surface area contributed by atoms with Gasteiger partial charge in [-0.05, 0) is 68.7 Å². The molecular weight excluding hydrogens is 554 g/mol. The summed E-state index contributed by atoms with van der Waals surface area (Å²) in [5.74, 6) is 0.167. The van der Waals surface area contributed by atoms with Crippen LogP contribution in [0.5, 0.6) is 11.5 Å². The molecule has 0 spiro atoms. The van der Waals surface area contributed by atoms with Crippen molar-refractivity contribution in [1.29, 1.82) is 0 Å². The van der Waals surface area contributed by atoms with Gasteiger partial charge in [0.2, 0.25) is 11.8 Å². The first kappa shape index (κ1) is 30.9. The van der Waals surface area contributed by atoms with Crippen molar-refractivity contribution in [1.82, 2.24) is 10.2 Å². The molecule has 3 aromatic rings. The highest BCUT2D eigenvalue weighted by atomic mass is 32.2. The van der Waals surface area contributed by atoms with E-state index >= 15 is 0 Å². The van der Waals surface area contributed by atoms with Crippen molar-refractivity contribution in [3.63, 3.8) is 0 Å². The van der Waals surface area contributed by atoms with Crippen LogP contribution in [0.25, 0.3) is 0 Å². The Balaban J connectivity index is 1.71. The van der Waals surface area contributed by atoms with Crippen LogP contribution >= 0.6 is 0 Å². The molecule has 1 saturated carbocycles. The van der Waals surface area contributed by atoms with Crippen molar-refractivity contribution in [3.05, 3.63) is 83.9 Å². The summed E-state index contributed by atoms with van der Waals surface area (Å²) in [6.07, 6.45) is 3.92. The average Bonchev–Trinajstić information content (AvgIpc) is 3.51. The van der Waals surface area contributed by atoms with Gasteiger partial charge >= 0.3 is 0 Å². The zero-order valence-corrected chi connectivity index (χ0v) is 25.4. The van der Waals surface area contributed by atoms with Gasteiger partial charge in [-0.15, -0.1) is 0 Å². The molecule has 10 heteroatoms. The second-order valence-electron chi connectivity index (χ2n) is 10.5. The van der Waals surface area contributed by atoms with Crippen molar-refractivity contribution in [3.8, 4) is 11.5 Å². The predicted molar refractivity (Wildman–Crippen MR) is 162 cm³/mol. The van der Waals surface area contributed by atoms with Crippen molar-refractivity contribution in [2.45, 2.75) is 63.1 Å². The largest absolute Gasteiger partial charge is 0.497 e. The fourth-order valence-corrected chi connectivity index (χ4v) is 6.51. The lowest BCUT2D eigenvalue weighted by Gasteiger charge is -2.33. The van der Waals surface area contributed by atoms with Crippen molar-refractivity contribution < 1.29 is 27.5 Å². The Bertz CT molecular complexity index is 1470. The lowest BCUT2D eigenvalue weighted by atomic mass is 10.1. The minimum atomic E-state index is -4.19. The normalized spacial score (nSPS) is 14.2. The summed E-state index contributed by atoms with van der Waals surface area (Å²) < 4.78 is 39.9. The average molecular weight is 594 g/mol. The first-order chi connectivity index (χ1) is 20.1. The van der Waals surface area contributed by atoms with E-state index in [0.717, 1.165) is 41.1 Å². The van der Waals surface area contributed by atoms with Gasteiger partial charge in [-0.3, -0.25) is 13.9 Å². The SMILES string of the molecule is COc1ccc(CN(C(=O)CN(c2ccccc2OC)S(=O)(=O)c2ccc(C)cc2)[C@@H](C)C(=O)NC2CCCC2)cc1. The maximum atomic E-state index is 14.1. The van der Waals surface area contributed by atoms with Gasteiger partial charge in [0, 0.05) is 12.6 Å². The van der Waals surface area contributed by atoms with E-state index in [2.05, 4.69) is 5.32 Å². The summed E-state index contributed by atoms with van der Waals surface area (Å²) in [6, 6.07) is 19.5. The maximum absolute atomic E-state index is 14.1. The van der Waals surface area contributed by atoms with Gasteiger partial charge in [-0.2, -0.15) is 0 Å². The fraction of sp³-hybridized carbons (Fsp3) is 0.375. The molecule has 1 aliphatic rings. The summed E-state index contributed by atoms with van der Waals surface area (Å²) >= 11 is 0. The van der Waals surface area contributed by atoms with Crippen LogP contribution in [0.3, 0.4) is 0 Å². The molecule has 1 N–H and O–H groups in total. The van der Waals surface area contributed by atoms with Gasteiger partial charge in [0.25, 0.3) is 10.0 Å². The molecule has 9 nitrogen and oxygen atoms in total. The Morgan fingerprint density at radius 3 is 2.19 bits per heavy atom. The van der Waals surface area contributed by atoms with E-state index in [1.807, 2.05) is 19.1 Å². The molecule has 1 aliphatic carbocycles. The molecule has 42 heavy (non-hydrogen) atoms. The molecule has 0 aliphatic heterocycles. The molecule has 0 heterocycles. The van der Waals surface area contributed by atoms with Crippen LogP contribution in [0.4, 0.5) is 5.69 Å². The fourth-order valence-electron chi connectivity index (χ4n) is 5.09. The van der Waals surface area contributed by atoms with Gasteiger partial charge < -0.3 is 19.7 Å². The van der Waals surface area contributed by atoms with E-state index in [4.69, 9.17) is 9.47 Å². The van der Waals surface area contributed by atoms with Crippen LogP contribution in [-0.4, -0.2) is 58.0 Å². The van der Waals surface area contributed by atoms with E-state index < -0.39 is 28.5 Å². The number of amides is 2. The maximum Gasteiger partial charge on any atom is 0.264 e. The number of ether oxygens (including phenoxy) is 2. The number of hydrogen-bond donors (Lipinski definition) is 1. The standard InChI is InChI=1S/C32H39N3O6S/c1-23-13-19-28(20-14-23)42(38,39)35(29-11-7-8-12-30(29)41-4)22-31(36)34(21-25-15-17-27(40-3)18-16-25)24(2)32(37)33-26-9-5-6-10-26/h7-8,11-20,24,26H,5-6,9-10,21-22H2,1-4H3,(H,33,37)/t24-/m0/s1. The molecule has 4 rings (SSSR count). The van der Waals surface area contributed by atoms with Crippen molar-refractivity contribution >= 4 is 27.5 Å². The third-order valence-electron chi connectivity index (χ3n) is 7.62.